The van der Waals surface area contributed by atoms with Crippen molar-refractivity contribution in [3.8, 4) is 0 Å². The monoisotopic (exact) mass is 216 g/mol. The van der Waals surface area contributed by atoms with Crippen molar-refractivity contribution in [2.45, 2.75) is 33.1 Å². The Morgan fingerprint density at radius 2 is 2.07 bits per heavy atom. The van der Waals surface area contributed by atoms with Crippen LogP contribution in [0.3, 0.4) is 0 Å². The summed E-state index contributed by atoms with van der Waals surface area (Å²) in [6, 6.07) is 0. The molecule has 0 saturated heterocycles. The SMILES string of the molecule is CNCCCC(=O)NCC(C)(C)CCO. The van der Waals surface area contributed by atoms with Gasteiger partial charge in [0.25, 0.3) is 0 Å². The van der Waals surface area contributed by atoms with E-state index in [1.165, 1.54) is 0 Å². The second-order valence-electron chi connectivity index (χ2n) is 4.62. The molecule has 0 radical (unpaired) electrons. The largest absolute Gasteiger partial charge is 0.396 e. The number of nitrogens with one attached hydrogen (secondary N) is 2. The average molecular weight is 216 g/mol. The number of rotatable bonds is 8. The van der Waals surface area contributed by atoms with Crippen molar-refractivity contribution in [3.63, 3.8) is 0 Å². The number of carbonyl (C=O) groups is 1. The summed E-state index contributed by atoms with van der Waals surface area (Å²) in [6.45, 7) is 5.75. The van der Waals surface area contributed by atoms with E-state index in [-0.39, 0.29) is 17.9 Å². The molecule has 0 heterocycles. The van der Waals surface area contributed by atoms with E-state index in [0.717, 1.165) is 13.0 Å². The number of amides is 1. The Hall–Kier alpha value is -0.610. The molecule has 0 fully saturated rings. The minimum absolute atomic E-state index is 0.0204. The molecule has 0 bridgehead atoms. The van der Waals surface area contributed by atoms with Gasteiger partial charge in [-0.25, -0.2) is 0 Å². The van der Waals surface area contributed by atoms with E-state index in [2.05, 4.69) is 10.6 Å². The fourth-order valence-electron chi connectivity index (χ4n) is 1.24. The lowest BCUT2D eigenvalue weighted by molar-refractivity contribution is -0.121. The molecule has 90 valence electrons. The van der Waals surface area contributed by atoms with Crippen molar-refractivity contribution in [2.24, 2.45) is 5.41 Å². The molecule has 4 heteroatoms. The minimum atomic E-state index is -0.0204. The highest BCUT2D eigenvalue weighted by atomic mass is 16.3. The third-order valence-electron chi connectivity index (χ3n) is 2.38. The second-order valence-corrected chi connectivity index (χ2v) is 4.62. The quantitative estimate of drug-likeness (QED) is 0.518. The zero-order valence-corrected chi connectivity index (χ0v) is 10.1. The third-order valence-corrected chi connectivity index (χ3v) is 2.38. The summed E-state index contributed by atoms with van der Waals surface area (Å²) in [6.07, 6.45) is 2.14. The highest BCUT2D eigenvalue weighted by Gasteiger charge is 2.17. The van der Waals surface area contributed by atoms with Gasteiger partial charge in [-0.1, -0.05) is 13.8 Å². The molecule has 0 atom stereocenters. The van der Waals surface area contributed by atoms with Gasteiger partial charge in [0.1, 0.15) is 0 Å². The molecular formula is C11H24N2O2. The van der Waals surface area contributed by atoms with Crippen LogP contribution in [0.25, 0.3) is 0 Å². The molecule has 3 N–H and O–H groups in total. The number of carbonyl (C=O) groups excluding carboxylic acids is 1. The van der Waals surface area contributed by atoms with Gasteiger partial charge in [-0.05, 0) is 31.8 Å². The zero-order valence-electron chi connectivity index (χ0n) is 10.1. The maximum Gasteiger partial charge on any atom is 0.220 e. The summed E-state index contributed by atoms with van der Waals surface area (Å²) in [5.41, 5.74) is -0.0204. The van der Waals surface area contributed by atoms with E-state index in [1.54, 1.807) is 0 Å². The van der Waals surface area contributed by atoms with E-state index < -0.39 is 0 Å². The van der Waals surface area contributed by atoms with Crippen molar-refractivity contribution in [2.75, 3.05) is 26.7 Å². The molecule has 0 spiro atoms. The van der Waals surface area contributed by atoms with Crippen LogP contribution in [0, 0.1) is 5.41 Å². The molecule has 0 unspecified atom stereocenters. The van der Waals surface area contributed by atoms with Gasteiger partial charge in [-0.3, -0.25) is 4.79 Å². The number of hydrogen-bond acceptors (Lipinski definition) is 3. The molecule has 0 rings (SSSR count). The lowest BCUT2D eigenvalue weighted by Crippen LogP contribution is -2.34. The highest BCUT2D eigenvalue weighted by molar-refractivity contribution is 5.75. The summed E-state index contributed by atoms with van der Waals surface area (Å²) in [5.74, 6) is 0.0938. The maximum atomic E-state index is 11.4. The van der Waals surface area contributed by atoms with E-state index in [0.29, 0.717) is 19.4 Å². The van der Waals surface area contributed by atoms with Gasteiger partial charge in [0, 0.05) is 19.6 Å². The summed E-state index contributed by atoms with van der Waals surface area (Å²) in [5, 5.41) is 14.7. The normalized spacial score (nSPS) is 11.5. The molecule has 0 aliphatic rings. The predicted molar refractivity (Wildman–Crippen MR) is 61.7 cm³/mol. The minimum Gasteiger partial charge on any atom is -0.396 e. The van der Waals surface area contributed by atoms with Crippen LogP contribution < -0.4 is 10.6 Å². The Morgan fingerprint density at radius 3 is 2.60 bits per heavy atom. The number of aliphatic hydroxyl groups is 1. The Bertz CT molecular complexity index is 181. The highest BCUT2D eigenvalue weighted by Crippen LogP contribution is 2.17. The first kappa shape index (κ1) is 14.4. The molecule has 0 aliphatic heterocycles. The number of hydrogen-bond donors (Lipinski definition) is 3. The van der Waals surface area contributed by atoms with Crippen LogP contribution in [0.4, 0.5) is 0 Å². The molecule has 4 nitrogen and oxygen atoms in total. The van der Waals surface area contributed by atoms with Crippen molar-refractivity contribution >= 4 is 5.91 Å². The van der Waals surface area contributed by atoms with Gasteiger partial charge in [-0.15, -0.1) is 0 Å². The first-order chi connectivity index (χ1) is 7.02. The van der Waals surface area contributed by atoms with Gasteiger partial charge in [0.05, 0.1) is 0 Å². The maximum absolute atomic E-state index is 11.4. The van der Waals surface area contributed by atoms with E-state index >= 15 is 0 Å². The summed E-state index contributed by atoms with van der Waals surface area (Å²) >= 11 is 0. The van der Waals surface area contributed by atoms with E-state index in [4.69, 9.17) is 5.11 Å². The number of aliphatic hydroxyl groups excluding tert-OH is 1. The van der Waals surface area contributed by atoms with E-state index in [9.17, 15) is 4.79 Å². The van der Waals surface area contributed by atoms with Crippen molar-refractivity contribution in [1.29, 1.82) is 0 Å². The standard InChI is InChI=1S/C11H24N2O2/c1-11(2,6-8-14)9-13-10(15)5-4-7-12-3/h12,14H,4-9H2,1-3H3,(H,13,15). The van der Waals surface area contributed by atoms with Gasteiger partial charge >= 0.3 is 0 Å². The molecule has 0 aliphatic carbocycles. The fourth-order valence-corrected chi connectivity index (χ4v) is 1.24. The molecule has 0 aromatic heterocycles. The molecule has 1 amide bonds. The predicted octanol–water partition coefficient (Wildman–Crippen LogP) is 0.511. The van der Waals surface area contributed by atoms with Crippen LogP contribution in [-0.2, 0) is 4.79 Å². The van der Waals surface area contributed by atoms with E-state index in [1.807, 2.05) is 20.9 Å². The lowest BCUT2D eigenvalue weighted by atomic mass is 9.90. The van der Waals surface area contributed by atoms with Crippen LogP contribution in [0.5, 0.6) is 0 Å². The zero-order chi connectivity index (χ0) is 11.7. The molecule has 15 heavy (non-hydrogen) atoms. The topological polar surface area (TPSA) is 61.4 Å². The second kappa shape index (κ2) is 7.65. The van der Waals surface area contributed by atoms with Gasteiger partial charge in [0.2, 0.25) is 5.91 Å². The van der Waals surface area contributed by atoms with Gasteiger partial charge < -0.3 is 15.7 Å². The summed E-state index contributed by atoms with van der Waals surface area (Å²) in [7, 11) is 1.88. The van der Waals surface area contributed by atoms with Crippen molar-refractivity contribution in [1.82, 2.24) is 10.6 Å². The fraction of sp³-hybridized carbons (Fsp3) is 0.909. The summed E-state index contributed by atoms with van der Waals surface area (Å²) < 4.78 is 0. The van der Waals surface area contributed by atoms with Crippen LogP contribution in [-0.4, -0.2) is 37.8 Å². The first-order valence-corrected chi connectivity index (χ1v) is 5.54. The lowest BCUT2D eigenvalue weighted by Gasteiger charge is -2.23. The molecular weight excluding hydrogens is 192 g/mol. The smallest absolute Gasteiger partial charge is 0.220 e. The van der Waals surface area contributed by atoms with Gasteiger partial charge in [-0.2, -0.15) is 0 Å². The Morgan fingerprint density at radius 1 is 1.40 bits per heavy atom. The Kier molecular flexibility index (Phi) is 7.34. The van der Waals surface area contributed by atoms with Crippen LogP contribution in [0.15, 0.2) is 0 Å². The van der Waals surface area contributed by atoms with Crippen LogP contribution in [0.1, 0.15) is 33.1 Å². The van der Waals surface area contributed by atoms with Crippen LogP contribution >= 0.6 is 0 Å². The van der Waals surface area contributed by atoms with Crippen molar-refractivity contribution in [3.05, 3.63) is 0 Å². The molecule has 0 aromatic rings. The first-order valence-electron chi connectivity index (χ1n) is 5.54. The Balaban J connectivity index is 3.60. The molecule has 0 saturated carbocycles. The molecule has 0 aromatic carbocycles. The van der Waals surface area contributed by atoms with Crippen molar-refractivity contribution < 1.29 is 9.90 Å². The average Bonchev–Trinajstić information content (AvgIpc) is 2.15. The Labute approximate surface area is 92.4 Å². The van der Waals surface area contributed by atoms with Crippen LogP contribution in [0.2, 0.25) is 0 Å². The summed E-state index contributed by atoms with van der Waals surface area (Å²) in [4.78, 5) is 11.4. The third kappa shape index (κ3) is 8.39. The van der Waals surface area contributed by atoms with Gasteiger partial charge in [0.15, 0.2) is 0 Å².